The Morgan fingerprint density at radius 3 is 2.00 bits per heavy atom. The SMILES string of the molecule is CC(=O)CCCCCCCCOC(=O)CC(=O)[O-].[Na+]. The minimum atomic E-state index is -1.41. The summed E-state index contributed by atoms with van der Waals surface area (Å²) >= 11 is 0. The number of hydrogen-bond donors (Lipinski definition) is 0. The average molecular weight is 280 g/mol. The van der Waals surface area contributed by atoms with Gasteiger partial charge >= 0.3 is 35.5 Å². The van der Waals surface area contributed by atoms with Crippen molar-refractivity contribution >= 4 is 17.7 Å². The van der Waals surface area contributed by atoms with Gasteiger partial charge in [0.2, 0.25) is 0 Å². The summed E-state index contributed by atoms with van der Waals surface area (Å²) in [6.45, 7) is 1.86. The molecule has 5 nitrogen and oxygen atoms in total. The van der Waals surface area contributed by atoms with Crippen LogP contribution in [0.2, 0.25) is 0 Å². The number of hydrogen-bond acceptors (Lipinski definition) is 5. The van der Waals surface area contributed by atoms with Crippen LogP contribution in [0.25, 0.3) is 0 Å². The van der Waals surface area contributed by atoms with Crippen molar-refractivity contribution in [3.8, 4) is 0 Å². The molecule has 0 aliphatic carbocycles. The zero-order valence-electron chi connectivity index (χ0n) is 11.9. The summed E-state index contributed by atoms with van der Waals surface area (Å²) < 4.78 is 4.71. The Morgan fingerprint density at radius 2 is 1.47 bits per heavy atom. The molecule has 0 saturated carbocycles. The second-order valence-electron chi connectivity index (χ2n) is 4.34. The molecule has 0 N–H and O–H groups in total. The Bertz CT molecular complexity index is 278. The molecule has 19 heavy (non-hydrogen) atoms. The van der Waals surface area contributed by atoms with Crippen molar-refractivity contribution in [1.82, 2.24) is 0 Å². The summed E-state index contributed by atoms with van der Waals surface area (Å²) in [4.78, 5) is 31.5. The van der Waals surface area contributed by atoms with Crippen LogP contribution in [0.5, 0.6) is 0 Å². The minimum absolute atomic E-state index is 0. The zero-order valence-corrected chi connectivity index (χ0v) is 13.9. The third-order valence-corrected chi connectivity index (χ3v) is 2.47. The first kappa shape index (κ1) is 20.9. The van der Waals surface area contributed by atoms with Crippen LogP contribution in [0, 0.1) is 0 Å². The minimum Gasteiger partial charge on any atom is -0.550 e. The van der Waals surface area contributed by atoms with E-state index in [1.54, 1.807) is 6.92 Å². The van der Waals surface area contributed by atoms with Gasteiger partial charge in [0, 0.05) is 6.42 Å². The summed E-state index contributed by atoms with van der Waals surface area (Å²) in [6.07, 6.45) is 5.76. The Labute approximate surface area is 136 Å². The number of carbonyl (C=O) groups excluding carboxylic acids is 3. The van der Waals surface area contributed by atoms with Crippen LogP contribution in [0.4, 0.5) is 0 Å². The van der Waals surface area contributed by atoms with Gasteiger partial charge < -0.3 is 19.4 Å². The van der Waals surface area contributed by atoms with Gasteiger partial charge in [-0.2, -0.15) is 0 Å². The maximum absolute atomic E-state index is 10.8. The molecular formula is C13H21NaO5. The maximum Gasteiger partial charge on any atom is 1.00 e. The van der Waals surface area contributed by atoms with Crippen LogP contribution in [0.1, 0.15) is 58.3 Å². The molecule has 104 valence electrons. The normalized spacial score (nSPS) is 9.53. The Hall–Kier alpha value is -0.390. The number of carbonyl (C=O) groups is 3. The standard InChI is InChI=1S/C13H22O5.Na/c1-11(14)8-6-4-2-3-5-7-9-18-13(17)10-12(15)16;/h2-10H2,1H3,(H,15,16);/q;+1/p-1. The fraction of sp³-hybridized carbons (Fsp3) is 0.769. The van der Waals surface area contributed by atoms with Crippen molar-refractivity contribution in [2.75, 3.05) is 6.61 Å². The van der Waals surface area contributed by atoms with E-state index in [-0.39, 0.29) is 41.9 Å². The monoisotopic (exact) mass is 280 g/mol. The molecule has 0 amide bonds. The number of carboxylic acid groups (broad SMARTS) is 1. The van der Waals surface area contributed by atoms with Crippen LogP contribution in [0.15, 0.2) is 0 Å². The van der Waals surface area contributed by atoms with Gasteiger partial charge in [0.1, 0.15) is 5.78 Å². The fourth-order valence-corrected chi connectivity index (χ4v) is 1.54. The Morgan fingerprint density at radius 1 is 0.947 bits per heavy atom. The van der Waals surface area contributed by atoms with Gasteiger partial charge in [-0.05, 0) is 19.8 Å². The predicted molar refractivity (Wildman–Crippen MR) is 63.6 cm³/mol. The Kier molecular flexibility index (Phi) is 15.4. The summed E-state index contributed by atoms with van der Waals surface area (Å²) in [6, 6.07) is 0. The van der Waals surface area contributed by atoms with E-state index >= 15 is 0 Å². The molecule has 0 bridgehead atoms. The van der Waals surface area contributed by atoms with Crippen molar-refractivity contribution < 1.29 is 53.8 Å². The van der Waals surface area contributed by atoms with Gasteiger partial charge in [0.15, 0.2) is 0 Å². The molecule has 6 heteroatoms. The Balaban J connectivity index is 0. The first-order chi connectivity index (χ1) is 8.52. The molecule has 0 aromatic carbocycles. The van der Waals surface area contributed by atoms with Gasteiger partial charge in [-0.25, -0.2) is 0 Å². The van der Waals surface area contributed by atoms with Gasteiger partial charge in [-0.15, -0.1) is 0 Å². The summed E-state index contributed by atoms with van der Waals surface area (Å²) in [5.41, 5.74) is 0. The average Bonchev–Trinajstić information content (AvgIpc) is 2.25. The summed E-state index contributed by atoms with van der Waals surface area (Å²) in [5.74, 6) is -1.92. The van der Waals surface area contributed by atoms with Crippen molar-refractivity contribution in [2.45, 2.75) is 58.3 Å². The van der Waals surface area contributed by atoms with Gasteiger partial charge in [-0.3, -0.25) is 4.79 Å². The second kappa shape index (κ2) is 14.0. The van der Waals surface area contributed by atoms with Crippen LogP contribution < -0.4 is 34.7 Å². The van der Waals surface area contributed by atoms with Crippen LogP contribution in [-0.4, -0.2) is 24.3 Å². The molecule has 0 unspecified atom stereocenters. The van der Waals surface area contributed by atoms with E-state index in [0.717, 1.165) is 38.5 Å². The number of unbranched alkanes of at least 4 members (excludes halogenated alkanes) is 5. The van der Waals surface area contributed by atoms with E-state index < -0.39 is 18.4 Å². The molecule has 0 aromatic heterocycles. The third-order valence-electron chi connectivity index (χ3n) is 2.47. The number of esters is 1. The molecule has 0 saturated heterocycles. The van der Waals surface area contributed by atoms with Gasteiger partial charge in [0.25, 0.3) is 0 Å². The smallest absolute Gasteiger partial charge is 0.550 e. The van der Waals surface area contributed by atoms with E-state index in [0.29, 0.717) is 6.42 Å². The number of ether oxygens (including phenoxy) is 1. The maximum atomic E-state index is 10.8. The molecule has 0 fully saturated rings. The van der Waals surface area contributed by atoms with E-state index in [9.17, 15) is 19.5 Å². The molecule has 0 spiro atoms. The van der Waals surface area contributed by atoms with Gasteiger partial charge in [-0.1, -0.05) is 25.7 Å². The van der Waals surface area contributed by atoms with Crippen molar-refractivity contribution in [3.63, 3.8) is 0 Å². The van der Waals surface area contributed by atoms with Crippen LogP contribution >= 0.6 is 0 Å². The van der Waals surface area contributed by atoms with E-state index in [1.807, 2.05) is 0 Å². The second-order valence-corrected chi connectivity index (χ2v) is 4.34. The quantitative estimate of drug-likeness (QED) is 0.189. The van der Waals surface area contributed by atoms with Crippen LogP contribution in [-0.2, 0) is 19.1 Å². The molecular weight excluding hydrogens is 259 g/mol. The van der Waals surface area contributed by atoms with E-state index in [1.165, 1.54) is 0 Å². The first-order valence-electron chi connectivity index (χ1n) is 6.37. The van der Waals surface area contributed by atoms with Crippen LogP contribution in [0.3, 0.4) is 0 Å². The largest absolute Gasteiger partial charge is 1.00 e. The van der Waals surface area contributed by atoms with Crippen molar-refractivity contribution in [2.24, 2.45) is 0 Å². The van der Waals surface area contributed by atoms with E-state index in [4.69, 9.17) is 4.74 Å². The molecule has 0 rings (SSSR count). The van der Waals surface area contributed by atoms with Crippen molar-refractivity contribution in [3.05, 3.63) is 0 Å². The number of rotatable bonds is 11. The molecule has 0 aliphatic heterocycles. The van der Waals surface area contributed by atoms with Crippen molar-refractivity contribution in [1.29, 1.82) is 0 Å². The third kappa shape index (κ3) is 17.6. The predicted octanol–water partition coefficient (Wildman–Crippen LogP) is -2.01. The molecule has 0 atom stereocenters. The van der Waals surface area contributed by atoms with E-state index in [2.05, 4.69) is 0 Å². The molecule has 0 heterocycles. The zero-order chi connectivity index (χ0) is 13.8. The topological polar surface area (TPSA) is 83.5 Å². The molecule has 0 aromatic rings. The number of carboxylic acids is 1. The van der Waals surface area contributed by atoms with Gasteiger partial charge in [0.05, 0.1) is 19.0 Å². The number of aliphatic carboxylic acids is 1. The molecule has 0 radical (unpaired) electrons. The number of Topliss-reactive ketones (excluding diaryl/α,β-unsaturated/α-hetero) is 1. The number of ketones is 1. The molecule has 0 aliphatic rings. The summed E-state index contributed by atoms with van der Waals surface area (Å²) in [5, 5.41) is 10.1. The summed E-state index contributed by atoms with van der Waals surface area (Å²) in [7, 11) is 0. The fourth-order valence-electron chi connectivity index (χ4n) is 1.54. The first-order valence-corrected chi connectivity index (χ1v) is 6.37.